The first kappa shape index (κ1) is 18.4. The van der Waals surface area contributed by atoms with Gasteiger partial charge in [0.1, 0.15) is 28.7 Å². The number of amides is 1. The SMILES string of the molecule is COc1ccccc1CNC(=O)c1ccc(OC)c(-c2ccc(F)cc2)n1. The second kappa shape index (κ2) is 8.31. The summed E-state index contributed by atoms with van der Waals surface area (Å²) in [5.41, 5.74) is 2.24. The van der Waals surface area contributed by atoms with Gasteiger partial charge in [-0.1, -0.05) is 18.2 Å². The van der Waals surface area contributed by atoms with E-state index < -0.39 is 0 Å². The van der Waals surface area contributed by atoms with Gasteiger partial charge in [-0.2, -0.15) is 0 Å². The zero-order chi connectivity index (χ0) is 19.2. The Labute approximate surface area is 156 Å². The first-order chi connectivity index (χ1) is 13.1. The Hall–Kier alpha value is -3.41. The maximum atomic E-state index is 13.2. The van der Waals surface area contributed by atoms with Crippen molar-refractivity contribution >= 4 is 5.91 Å². The summed E-state index contributed by atoms with van der Waals surface area (Å²) >= 11 is 0. The van der Waals surface area contributed by atoms with Gasteiger partial charge >= 0.3 is 0 Å². The molecule has 2 aromatic carbocycles. The van der Waals surface area contributed by atoms with Crippen molar-refractivity contribution in [3.63, 3.8) is 0 Å². The van der Waals surface area contributed by atoms with Crippen LogP contribution in [0.4, 0.5) is 4.39 Å². The van der Waals surface area contributed by atoms with Crippen LogP contribution in [0.2, 0.25) is 0 Å². The summed E-state index contributed by atoms with van der Waals surface area (Å²) in [5, 5.41) is 2.83. The quantitative estimate of drug-likeness (QED) is 0.720. The van der Waals surface area contributed by atoms with Crippen molar-refractivity contribution in [2.75, 3.05) is 14.2 Å². The van der Waals surface area contributed by atoms with Gasteiger partial charge in [0.2, 0.25) is 0 Å². The number of pyridine rings is 1. The highest BCUT2D eigenvalue weighted by Gasteiger charge is 2.14. The van der Waals surface area contributed by atoms with Crippen molar-refractivity contribution in [1.29, 1.82) is 0 Å². The third kappa shape index (κ3) is 4.23. The fraction of sp³-hybridized carbons (Fsp3) is 0.143. The summed E-state index contributed by atoms with van der Waals surface area (Å²) in [5.74, 6) is 0.533. The predicted molar refractivity (Wildman–Crippen MR) is 100 cm³/mol. The first-order valence-electron chi connectivity index (χ1n) is 8.33. The van der Waals surface area contributed by atoms with E-state index in [1.807, 2.05) is 24.3 Å². The second-order valence-corrected chi connectivity index (χ2v) is 5.75. The van der Waals surface area contributed by atoms with Gasteiger partial charge in [0.25, 0.3) is 5.91 Å². The molecule has 0 atom stereocenters. The van der Waals surface area contributed by atoms with Crippen LogP contribution in [-0.4, -0.2) is 25.1 Å². The van der Waals surface area contributed by atoms with Crippen LogP contribution in [0.5, 0.6) is 11.5 Å². The van der Waals surface area contributed by atoms with Gasteiger partial charge in [-0.25, -0.2) is 9.37 Å². The molecule has 0 bridgehead atoms. The van der Waals surface area contributed by atoms with Crippen molar-refractivity contribution in [2.24, 2.45) is 0 Å². The molecule has 0 radical (unpaired) electrons. The van der Waals surface area contributed by atoms with Gasteiger partial charge in [-0.15, -0.1) is 0 Å². The van der Waals surface area contributed by atoms with Crippen molar-refractivity contribution in [3.8, 4) is 22.8 Å². The lowest BCUT2D eigenvalue weighted by Crippen LogP contribution is -2.24. The largest absolute Gasteiger partial charge is 0.496 e. The molecular weight excluding hydrogens is 347 g/mol. The number of rotatable bonds is 6. The molecular formula is C21H19FN2O3. The maximum absolute atomic E-state index is 13.2. The van der Waals surface area contributed by atoms with Crippen molar-refractivity contribution in [2.45, 2.75) is 6.54 Å². The summed E-state index contributed by atoms with van der Waals surface area (Å²) in [6.07, 6.45) is 0. The molecule has 0 spiro atoms. The van der Waals surface area contributed by atoms with Crippen LogP contribution in [0.3, 0.4) is 0 Å². The Bertz CT molecular complexity index is 942. The molecule has 27 heavy (non-hydrogen) atoms. The number of para-hydroxylation sites is 1. The van der Waals surface area contributed by atoms with Crippen LogP contribution >= 0.6 is 0 Å². The number of methoxy groups -OCH3 is 2. The van der Waals surface area contributed by atoms with Crippen LogP contribution in [0.1, 0.15) is 16.1 Å². The number of nitrogens with one attached hydrogen (secondary N) is 1. The highest BCUT2D eigenvalue weighted by molar-refractivity contribution is 5.93. The van der Waals surface area contributed by atoms with E-state index in [0.717, 1.165) is 5.56 Å². The van der Waals surface area contributed by atoms with E-state index in [2.05, 4.69) is 10.3 Å². The second-order valence-electron chi connectivity index (χ2n) is 5.75. The fourth-order valence-corrected chi connectivity index (χ4v) is 2.67. The zero-order valence-corrected chi connectivity index (χ0v) is 15.0. The molecule has 1 heterocycles. The van der Waals surface area contributed by atoms with E-state index in [-0.39, 0.29) is 17.4 Å². The molecule has 1 amide bonds. The lowest BCUT2D eigenvalue weighted by Gasteiger charge is -2.12. The molecule has 3 rings (SSSR count). The number of carbonyl (C=O) groups excluding carboxylic acids is 1. The third-order valence-electron chi connectivity index (χ3n) is 4.06. The lowest BCUT2D eigenvalue weighted by molar-refractivity contribution is 0.0945. The number of aromatic nitrogens is 1. The standard InChI is InChI=1S/C21H19FN2O3/c1-26-18-6-4-3-5-15(18)13-23-21(25)17-11-12-19(27-2)20(24-17)14-7-9-16(22)10-8-14/h3-12H,13H2,1-2H3,(H,23,25). The predicted octanol–water partition coefficient (Wildman–Crippen LogP) is 3.83. The number of ether oxygens (including phenoxy) is 2. The Kier molecular flexibility index (Phi) is 5.66. The maximum Gasteiger partial charge on any atom is 0.270 e. The monoisotopic (exact) mass is 366 g/mol. The summed E-state index contributed by atoms with van der Waals surface area (Å²) in [6.45, 7) is 0.308. The first-order valence-corrected chi connectivity index (χ1v) is 8.33. The van der Waals surface area contributed by atoms with Gasteiger partial charge in [0, 0.05) is 17.7 Å². The minimum atomic E-state index is -0.344. The molecule has 0 unspecified atom stereocenters. The molecule has 138 valence electrons. The molecule has 0 aliphatic carbocycles. The van der Waals surface area contributed by atoms with Crippen molar-refractivity contribution in [3.05, 3.63) is 77.7 Å². The van der Waals surface area contributed by atoms with E-state index in [1.165, 1.54) is 19.2 Å². The molecule has 1 N–H and O–H groups in total. The lowest BCUT2D eigenvalue weighted by atomic mass is 10.1. The average Bonchev–Trinajstić information content (AvgIpc) is 2.72. The number of hydrogen-bond acceptors (Lipinski definition) is 4. The average molecular weight is 366 g/mol. The van der Waals surface area contributed by atoms with Gasteiger partial charge < -0.3 is 14.8 Å². The van der Waals surface area contributed by atoms with Crippen molar-refractivity contribution in [1.82, 2.24) is 10.3 Å². The highest BCUT2D eigenvalue weighted by atomic mass is 19.1. The minimum absolute atomic E-state index is 0.241. The molecule has 0 aliphatic heterocycles. The number of hydrogen-bond donors (Lipinski definition) is 1. The van der Waals surface area contributed by atoms with Crippen LogP contribution in [0, 0.1) is 5.82 Å². The topological polar surface area (TPSA) is 60.5 Å². The van der Waals surface area contributed by atoms with E-state index >= 15 is 0 Å². The summed E-state index contributed by atoms with van der Waals surface area (Å²) in [7, 11) is 3.10. The third-order valence-corrected chi connectivity index (χ3v) is 4.06. The van der Waals surface area contributed by atoms with Gasteiger partial charge in [0.05, 0.1) is 14.2 Å². The van der Waals surface area contributed by atoms with Gasteiger partial charge in [-0.3, -0.25) is 4.79 Å². The zero-order valence-electron chi connectivity index (χ0n) is 15.0. The molecule has 0 saturated carbocycles. The normalized spacial score (nSPS) is 10.3. The molecule has 1 aromatic heterocycles. The molecule has 3 aromatic rings. The number of benzene rings is 2. The van der Waals surface area contributed by atoms with E-state index in [9.17, 15) is 9.18 Å². The minimum Gasteiger partial charge on any atom is -0.496 e. The number of nitrogens with zero attached hydrogens (tertiary/aromatic N) is 1. The van der Waals surface area contributed by atoms with Crippen molar-refractivity contribution < 1.29 is 18.7 Å². The summed E-state index contributed by atoms with van der Waals surface area (Å²) in [4.78, 5) is 16.9. The Morgan fingerprint density at radius 1 is 0.963 bits per heavy atom. The molecule has 0 saturated heterocycles. The Balaban J connectivity index is 1.83. The molecule has 5 nitrogen and oxygen atoms in total. The highest BCUT2D eigenvalue weighted by Crippen LogP contribution is 2.28. The van der Waals surface area contributed by atoms with Gasteiger partial charge in [0.15, 0.2) is 0 Å². The van der Waals surface area contributed by atoms with E-state index in [0.29, 0.717) is 29.3 Å². The Morgan fingerprint density at radius 3 is 2.37 bits per heavy atom. The molecule has 0 fully saturated rings. The fourth-order valence-electron chi connectivity index (χ4n) is 2.67. The van der Waals surface area contributed by atoms with Crippen LogP contribution < -0.4 is 14.8 Å². The Morgan fingerprint density at radius 2 is 1.67 bits per heavy atom. The van der Waals surface area contributed by atoms with E-state index in [4.69, 9.17) is 9.47 Å². The number of carbonyl (C=O) groups is 1. The summed E-state index contributed by atoms with van der Waals surface area (Å²) < 4.78 is 23.8. The van der Waals surface area contributed by atoms with E-state index in [1.54, 1.807) is 31.4 Å². The van der Waals surface area contributed by atoms with Crippen LogP contribution in [0.25, 0.3) is 11.3 Å². The number of halogens is 1. The van der Waals surface area contributed by atoms with Crippen LogP contribution in [-0.2, 0) is 6.54 Å². The smallest absolute Gasteiger partial charge is 0.270 e. The van der Waals surface area contributed by atoms with Gasteiger partial charge in [-0.05, 0) is 42.5 Å². The molecule has 0 aliphatic rings. The molecule has 6 heteroatoms. The summed E-state index contributed by atoms with van der Waals surface area (Å²) in [6, 6.07) is 16.6. The van der Waals surface area contributed by atoms with Crippen LogP contribution in [0.15, 0.2) is 60.7 Å².